The Bertz CT molecular complexity index is 578. The number of halogens is 1. The van der Waals surface area contributed by atoms with Crippen LogP contribution in [0.25, 0.3) is 0 Å². The summed E-state index contributed by atoms with van der Waals surface area (Å²) < 4.78 is 19.6. The highest BCUT2D eigenvalue weighted by atomic mass is 19.1. The maximum Gasteiger partial charge on any atom is 0.262 e. The maximum atomic E-state index is 12.7. The molecule has 1 N–H and O–H groups in total. The smallest absolute Gasteiger partial charge is 0.262 e. The van der Waals surface area contributed by atoms with E-state index in [0.29, 0.717) is 11.4 Å². The normalized spacial score (nSPS) is 10.3. The average molecular weight is 263 g/mol. The molecule has 2 aromatic rings. The summed E-state index contributed by atoms with van der Waals surface area (Å²) in [5.41, 5.74) is 1.50. The third-order valence-corrected chi connectivity index (χ3v) is 2.69. The summed E-state index contributed by atoms with van der Waals surface area (Å²) in [7, 11) is 1.79. The predicted molar refractivity (Wildman–Crippen MR) is 68.5 cm³/mol. The van der Waals surface area contributed by atoms with E-state index in [1.807, 2.05) is 6.92 Å². The molecule has 0 unspecified atom stereocenters. The van der Waals surface area contributed by atoms with Crippen LogP contribution in [-0.2, 0) is 11.8 Å². The Hall–Kier alpha value is -2.37. The lowest BCUT2D eigenvalue weighted by Gasteiger charge is -2.07. The number of carbonyl (C=O) groups excluding carboxylic acids is 1. The number of anilines is 1. The van der Waals surface area contributed by atoms with E-state index >= 15 is 0 Å². The summed E-state index contributed by atoms with van der Waals surface area (Å²) in [5.74, 6) is -0.192. The molecule has 19 heavy (non-hydrogen) atoms. The number of rotatable bonds is 4. The summed E-state index contributed by atoms with van der Waals surface area (Å²) >= 11 is 0. The van der Waals surface area contributed by atoms with Crippen molar-refractivity contribution in [1.29, 1.82) is 0 Å². The Morgan fingerprint density at radius 1 is 1.42 bits per heavy atom. The van der Waals surface area contributed by atoms with Gasteiger partial charge in [0.05, 0.1) is 17.6 Å². The highest BCUT2D eigenvalue weighted by molar-refractivity contribution is 5.92. The number of carbonyl (C=O) groups is 1. The molecule has 2 rings (SSSR count). The monoisotopic (exact) mass is 263 g/mol. The second-order valence-corrected chi connectivity index (χ2v) is 4.06. The van der Waals surface area contributed by atoms with Gasteiger partial charge in [0.15, 0.2) is 6.61 Å². The van der Waals surface area contributed by atoms with Crippen molar-refractivity contribution in [3.05, 3.63) is 42.0 Å². The van der Waals surface area contributed by atoms with Crippen molar-refractivity contribution in [1.82, 2.24) is 9.78 Å². The highest BCUT2D eigenvalue weighted by Gasteiger charge is 2.08. The molecule has 0 saturated heterocycles. The Kier molecular flexibility index (Phi) is 3.79. The van der Waals surface area contributed by atoms with Crippen LogP contribution in [0.5, 0.6) is 5.75 Å². The van der Waals surface area contributed by atoms with Crippen molar-refractivity contribution in [2.75, 3.05) is 11.9 Å². The first-order valence-electron chi connectivity index (χ1n) is 5.73. The number of ether oxygens (including phenoxy) is 1. The minimum absolute atomic E-state index is 0.139. The van der Waals surface area contributed by atoms with E-state index in [2.05, 4.69) is 10.4 Å². The lowest BCUT2D eigenvalue weighted by Crippen LogP contribution is -2.20. The number of nitrogens with zero attached hydrogens (tertiary/aromatic N) is 2. The summed E-state index contributed by atoms with van der Waals surface area (Å²) in [6.45, 7) is 1.71. The van der Waals surface area contributed by atoms with Gasteiger partial charge in [-0.15, -0.1) is 0 Å². The first-order chi connectivity index (χ1) is 9.06. The summed E-state index contributed by atoms with van der Waals surface area (Å²) in [6.07, 6.45) is 1.57. The van der Waals surface area contributed by atoms with Crippen LogP contribution in [-0.4, -0.2) is 22.3 Å². The Morgan fingerprint density at radius 2 is 2.11 bits per heavy atom. The first kappa shape index (κ1) is 13.1. The third kappa shape index (κ3) is 3.31. The molecule has 1 heterocycles. The van der Waals surface area contributed by atoms with Gasteiger partial charge in [0.25, 0.3) is 5.91 Å². The topological polar surface area (TPSA) is 56.1 Å². The molecule has 100 valence electrons. The highest BCUT2D eigenvalue weighted by Crippen LogP contribution is 2.13. The standard InChI is InChI=1S/C13H14FN3O2/c1-9-12(7-15-17(9)2)16-13(18)8-19-11-5-3-10(14)4-6-11/h3-7H,8H2,1-2H3,(H,16,18). The van der Waals surface area contributed by atoms with Crippen LogP contribution in [0.4, 0.5) is 10.1 Å². The summed E-state index contributed by atoms with van der Waals surface area (Å²) in [5, 5.41) is 6.71. The molecule has 0 aliphatic heterocycles. The van der Waals surface area contributed by atoms with Crippen LogP contribution in [0.2, 0.25) is 0 Å². The molecule has 0 atom stereocenters. The number of benzene rings is 1. The molecule has 0 radical (unpaired) electrons. The largest absolute Gasteiger partial charge is 0.484 e. The van der Waals surface area contributed by atoms with Crippen molar-refractivity contribution in [3.8, 4) is 5.75 Å². The molecule has 1 aromatic carbocycles. The molecule has 5 nitrogen and oxygen atoms in total. The number of hydrogen-bond donors (Lipinski definition) is 1. The molecule has 0 aliphatic carbocycles. The van der Waals surface area contributed by atoms with Crippen molar-refractivity contribution < 1.29 is 13.9 Å². The van der Waals surface area contributed by atoms with Gasteiger partial charge in [0, 0.05) is 7.05 Å². The Morgan fingerprint density at radius 3 is 2.68 bits per heavy atom. The quantitative estimate of drug-likeness (QED) is 0.916. The van der Waals surface area contributed by atoms with Crippen LogP contribution in [0.15, 0.2) is 30.5 Å². The van der Waals surface area contributed by atoms with Gasteiger partial charge in [-0.05, 0) is 31.2 Å². The SMILES string of the molecule is Cc1c(NC(=O)COc2ccc(F)cc2)cnn1C. The van der Waals surface area contributed by atoms with Gasteiger partial charge in [-0.3, -0.25) is 9.48 Å². The number of hydrogen-bond acceptors (Lipinski definition) is 3. The van der Waals surface area contributed by atoms with E-state index in [1.54, 1.807) is 17.9 Å². The van der Waals surface area contributed by atoms with Crippen molar-refractivity contribution >= 4 is 11.6 Å². The van der Waals surface area contributed by atoms with Crippen molar-refractivity contribution in [2.45, 2.75) is 6.92 Å². The fraction of sp³-hybridized carbons (Fsp3) is 0.231. The fourth-order valence-electron chi connectivity index (χ4n) is 1.49. The number of aryl methyl sites for hydroxylation is 1. The molecule has 0 aliphatic rings. The molecule has 6 heteroatoms. The van der Waals surface area contributed by atoms with E-state index in [0.717, 1.165) is 5.69 Å². The minimum Gasteiger partial charge on any atom is -0.484 e. The van der Waals surface area contributed by atoms with Crippen LogP contribution in [0, 0.1) is 12.7 Å². The predicted octanol–water partition coefficient (Wildman–Crippen LogP) is 1.89. The molecule has 0 spiro atoms. The van der Waals surface area contributed by atoms with E-state index in [-0.39, 0.29) is 18.3 Å². The van der Waals surface area contributed by atoms with Gasteiger partial charge in [0.2, 0.25) is 0 Å². The maximum absolute atomic E-state index is 12.7. The van der Waals surface area contributed by atoms with Crippen molar-refractivity contribution in [3.63, 3.8) is 0 Å². The zero-order valence-electron chi connectivity index (χ0n) is 10.7. The summed E-state index contributed by atoms with van der Waals surface area (Å²) in [6, 6.07) is 5.49. The zero-order chi connectivity index (χ0) is 13.8. The van der Waals surface area contributed by atoms with Gasteiger partial charge >= 0.3 is 0 Å². The second-order valence-electron chi connectivity index (χ2n) is 4.06. The Balaban J connectivity index is 1.88. The number of nitrogens with one attached hydrogen (secondary N) is 1. The van der Waals surface area contributed by atoms with Gasteiger partial charge in [-0.25, -0.2) is 4.39 Å². The van der Waals surface area contributed by atoms with Gasteiger partial charge in [-0.1, -0.05) is 0 Å². The lowest BCUT2D eigenvalue weighted by molar-refractivity contribution is -0.118. The number of amides is 1. The van der Waals surface area contributed by atoms with Crippen LogP contribution in [0.1, 0.15) is 5.69 Å². The van der Waals surface area contributed by atoms with Gasteiger partial charge in [0.1, 0.15) is 11.6 Å². The zero-order valence-corrected chi connectivity index (χ0v) is 10.7. The van der Waals surface area contributed by atoms with E-state index in [1.165, 1.54) is 24.3 Å². The van der Waals surface area contributed by atoms with Crippen LogP contribution in [0.3, 0.4) is 0 Å². The average Bonchev–Trinajstić information content (AvgIpc) is 2.70. The first-order valence-corrected chi connectivity index (χ1v) is 5.73. The second kappa shape index (κ2) is 5.51. The van der Waals surface area contributed by atoms with Crippen LogP contribution < -0.4 is 10.1 Å². The minimum atomic E-state index is -0.345. The van der Waals surface area contributed by atoms with E-state index < -0.39 is 0 Å². The molecule has 1 amide bonds. The van der Waals surface area contributed by atoms with E-state index in [9.17, 15) is 9.18 Å². The molecular weight excluding hydrogens is 249 g/mol. The molecule has 0 saturated carbocycles. The summed E-state index contributed by atoms with van der Waals surface area (Å²) in [4.78, 5) is 11.7. The van der Waals surface area contributed by atoms with Gasteiger partial charge < -0.3 is 10.1 Å². The Labute approximate surface area is 110 Å². The fourth-order valence-corrected chi connectivity index (χ4v) is 1.49. The van der Waals surface area contributed by atoms with Crippen molar-refractivity contribution in [2.24, 2.45) is 7.05 Å². The van der Waals surface area contributed by atoms with Gasteiger partial charge in [-0.2, -0.15) is 5.10 Å². The molecule has 0 bridgehead atoms. The molecule has 1 aromatic heterocycles. The molecule has 0 fully saturated rings. The third-order valence-electron chi connectivity index (χ3n) is 2.69. The molecular formula is C13H14FN3O2. The number of aromatic nitrogens is 2. The lowest BCUT2D eigenvalue weighted by atomic mass is 10.3. The van der Waals surface area contributed by atoms with E-state index in [4.69, 9.17) is 4.74 Å². The van der Waals surface area contributed by atoms with Crippen LogP contribution >= 0.6 is 0 Å².